The molecule has 0 fully saturated rings. The van der Waals surface area contributed by atoms with Crippen molar-refractivity contribution < 1.29 is 4.74 Å². The first-order chi connectivity index (χ1) is 8.71. The van der Waals surface area contributed by atoms with Gasteiger partial charge in [0.2, 0.25) is 0 Å². The Morgan fingerprint density at radius 2 is 2.22 bits per heavy atom. The fourth-order valence-electron chi connectivity index (χ4n) is 2.16. The highest BCUT2D eigenvalue weighted by Crippen LogP contribution is 2.21. The number of ether oxygens (including phenoxy) is 1. The average molecular weight is 244 g/mol. The van der Waals surface area contributed by atoms with Gasteiger partial charge in [-0.2, -0.15) is 0 Å². The number of rotatable bonds is 8. The van der Waals surface area contributed by atoms with Crippen molar-refractivity contribution in [1.82, 2.24) is 0 Å². The highest BCUT2D eigenvalue weighted by molar-refractivity contribution is 5.56. The summed E-state index contributed by atoms with van der Waals surface area (Å²) in [6.45, 7) is 10.3. The van der Waals surface area contributed by atoms with Crippen LogP contribution >= 0.6 is 0 Å². The Balaban J connectivity index is 2.68. The molecule has 2 radical (unpaired) electrons. The van der Waals surface area contributed by atoms with Crippen molar-refractivity contribution in [3.8, 4) is 0 Å². The van der Waals surface area contributed by atoms with Gasteiger partial charge in [0.15, 0.2) is 0 Å². The van der Waals surface area contributed by atoms with Gasteiger partial charge >= 0.3 is 0 Å². The van der Waals surface area contributed by atoms with Gasteiger partial charge in [-0.3, -0.25) is 0 Å². The molecule has 98 valence electrons. The van der Waals surface area contributed by atoms with Crippen LogP contribution in [0.2, 0.25) is 0 Å². The number of hydrogen-bond donors (Lipinski definition) is 0. The molecule has 1 rings (SSSR count). The molecule has 0 aliphatic carbocycles. The Morgan fingerprint density at radius 1 is 1.44 bits per heavy atom. The third-order valence-corrected chi connectivity index (χ3v) is 3.42. The van der Waals surface area contributed by atoms with Gasteiger partial charge in [0.05, 0.1) is 7.11 Å². The van der Waals surface area contributed by atoms with E-state index in [0.29, 0.717) is 5.76 Å². The standard InChI is InChI=1S/C17H24O/c1-5-7-9-15(6-2)12-16-10-8-11-17(13-16)14(3)18-4/h3,8,11,13,15H,5-7,9,12H2,1-2,4H3. The molecule has 1 aromatic carbocycles. The SMILES string of the molecule is [CH]=C(OC)c1cc[c]c(CC(CC)CCCC)c1. The normalized spacial score (nSPS) is 12.2. The summed E-state index contributed by atoms with van der Waals surface area (Å²) in [5.41, 5.74) is 2.19. The van der Waals surface area contributed by atoms with Gasteiger partial charge in [-0.15, -0.1) is 0 Å². The number of methoxy groups -OCH3 is 1. The summed E-state index contributed by atoms with van der Waals surface area (Å²) in [5.74, 6) is 1.23. The molecular formula is C17H24O. The number of benzene rings is 1. The van der Waals surface area contributed by atoms with E-state index in [2.05, 4.69) is 26.0 Å². The lowest BCUT2D eigenvalue weighted by molar-refractivity contribution is 0.370. The molecule has 0 saturated carbocycles. The van der Waals surface area contributed by atoms with Crippen LogP contribution in [0.3, 0.4) is 0 Å². The topological polar surface area (TPSA) is 9.23 Å². The second-order valence-corrected chi connectivity index (χ2v) is 4.79. The lowest BCUT2D eigenvalue weighted by Crippen LogP contribution is -2.04. The largest absolute Gasteiger partial charge is 0.496 e. The van der Waals surface area contributed by atoms with E-state index >= 15 is 0 Å². The third-order valence-electron chi connectivity index (χ3n) is 3.42. The van der Waals surface area contributed by atoms with Gasteiger partial charge in [-0.1, -0.05) is 51.7 Å². The summed E-state index contributed by atoms with van der Waals surface area (Å²) in [5, 5.41) is 0. The van der Waals surface area contributed by atoms with E-state index < -0.39 is 0 Å². The van der Waals surface area contributed by atoms with Crippen LogP contribution in [0.25, 0.3) is 5.76 Å². The molecule has 0 spiro atoms. The van der Waals surface area contributed by atoms with Gasteiger partial charge in [0.1, 0.15) is 5.76 Å². The van der Waals surface area contributed by atoms with E-state index in [1.165, 1.54) is 31.2 Å². The van der Waals surface area contributed by atoms with Crippen molar-refractivity contribution in [3.05, 3.63) is 42.0 Å². The van der Waals surface area contributed by atoms with Gasteiger partial charge < -0.3 is 4.74 Å². The summed E-state index contributed by atoms with van der Waals surface area (Å²) in [7, 11) is 1.60. The second-order valence-electron chi connectivity index (χ2n) is 4.79. The average Bonchev–Trinajstić information content (AvgIpc) is 2.42. The van der Waals surface area contributed by atoms with Crippen molar-refractivity contribution in [2.45, 2.75) is 46.0 Å². The molecule has 0 N–H and O–H groups in total. The maximum absolute atomic E-state index is 5.79. The maximum atomic E-state index is 5.79. The van der Waals surface area contributed by atoms with Crippen LogP contribution in [0.15, 0.2) is 18.2 Å². The van der Waals surface area contributed by atoms with Crippen LogP contribution in [-0.2, 0) is 11.2 Å². The van der Waals surface area contributed by atoms with Crippen LogP contribution in [-0.4, -0.2) is 7.11 Å². The molecule has 0 heterocycles. The summed E-state index contributed by atoms with van der Waals surface area (Å²) in [4.78, 5) is 0. The molecule has 0 saturated heterocycles. The van der Waals surface area contributed by atoms with Crippen LogP contribution in [0.5, 0.6) is 0 Å². The summed E-state index contributed by atoms with van der Waals surface area (Å²) in [6.07, 6.45) is 6.19. The summed E-state index contributed by atoms with van der Waals surface area (Å²) >= 11 is 0. The lowest BCUT2D eigenvalue weighted by atomic mass is 9.91. The van der Waals surface area contributed by atoms with E-state index in [1.807, 2.05) is 12.1 Å². The van der Waals surface area contributed by atoms with Gasteiger partial charge in [0, 0.05) is 5.56 Å². The molecule has 1 atom stereocenters. The first-order valence-corrected chi connectivity index (χ1v) is 6.88. The number of unbranched alkanes of at least 4 members (excludes halogenated alkanes) is 1. The minimum atomic E-state index is 0.479. The van der Waals surface area contributed by atoms with Crippen molar-refractivity contribution >= 4 is 5.76 Å². The van der Waals surface area contributed by atoms with Crippen LogP contribution in [0.1, 0.15) is 50.7 Å². The Morgan fingerprint density at radius 3 is 2.83 bits per heavy atom. The monoisotopic (exact) mass is 244 g/mol. The third kappa shape index (κ3) is 4.56. The molecule has 18 heavy (non-hydrogen) atoms. The van der Waals surface area contributed by atoms with E-state index in [-0.39, 0.29) is 0 Å². The fourth-order valence-corrected chi connectivity index (χ4v) is 2.16. The highest BCUT2D eigenvalue weighted by Gasteiger charge is 2.08. The molecular weight excluding hydrogens is 220 g/mol. The predicted molar refractivity (Wildman–Crippen MR) is 77.0 cm³/mol. The smallest absolute Gasteiger partial charge is 0.126 e. The first-order valence-electron chi connectivity index (χ1n) is 6.88. The minimum Gasteiger partial charge on any atom is -0.496 e. The zero-order chi connectivity index (χ0) is 13.4. The van der Waals surface area contributed by atoms with Crippen LogP contribution in [0, 0.1) is 18.6 Å². The molecule has 0 aromatic heterocycles. The fraction of sp³-hybridized carbons (Fsp3) is 0.529. The van der Waals surface area contributed by atoms with E-state index in [4.69, 9.17) is 11.3 Å². The summed E-state index contributed by atoms with van der Waals surface area (Å²) in [6, 6.07) is 9.27. The molecule has 0 aliphatic rings. The van der Waals surface area contributed by atoms with Crippen LogP contribution in [0.4, 0.5) is 0 Å². The Bertz CT molecular complexity index is 368. The maximum Gasteiger partial charge on any atom is 0.126 e. The lowest BCUT2D eigenvalue weighted by Gasteiger charge is -2.15. The second kappa shape index (κ2) is 7.97. The molecule has 1 heteroatoms. The Hall–Kier alpha value is -1.24. The van der Waals surface area contributed by atoms with E-state index in [0.717, 1.165) is 17.9 Å². The molecule has 1 unspecified atom stereocenters. The zero-order valence-electron chi connectivity index (χ0n) is 11.8. The van der Waals surface area contributed by atoms with Crippen molar-refractivity contribution in [3.63, 3.8) is 0 Å². The first kappa shape index (κ1) is 14.8. The van der Waals surface area contributed by atoms with Crippen molar-refractivity contribution in [1.29, 1.82) is 0 Å². The van der Waals surface area contributed by atoms with E-state index in [1.54, 1.807) is 7.11 Å². The molecule has 0 amide bonds. The van der Waals surface area contributed by atoms with Gasteiger partial charge in [0.25, 0.3) is 0 Å². The van der Waals surface area contributed by atoms with Crippen LogP contribution < -0.4 is 0 Å². The molecule has 0 bridgehead atoms. The van der Waals surface area contributed by atoms with E-state index in [9.17, 15) is 0 Å². The quantitative estimate of drug-likeness (QED) is 0.604. The minimum absolute atomic E-state index is 0.479. The molecule has 1 nitrogen and oxygen atoms in total. The Kier molecular flexibility index (Phi) is 6.56. The van der Waals surface area contributed by atoms with Gasteiger partial charge in [-0.05, 0) is 36.6 Å². The zero-order valence-corrected chi connectivity index (χ0v) is 11.8. The predicted octanol–water partition coefficient (Wildman–Crippen LogP) is 4.67. The number of hydrogen-bond acceptors (Lipinski definition) is 1. The molecule has 1 aromatic rings. The highest BCUT2D eigenvalue weighted by atomic mass is 16.5. The summed E-state index contributed by atoms with van der Waals surface area (Å²) < 4.78 is 5.07. The molecule has 0 aliphatic heterocycles. The van der Waals surface area contributed by atoms with Crippen molar-refractivity contribution in [2.24, 2.45) is 5.92 Å². The van der Waals surface area contributed by atoms with Gasteiger partial charge in [-0.25, -0.2) is 0 Å². The Labute approximate surface area is 112 Å². The van der Waals surface area contributed by atoms with Crippen molar-refractivity contribution in [2.75, 3.05) is 7.11 Å².